The minimum absolute atomic E-state index is 0.385. The second-order valence-electron chi connectivity index (χ2n) is 4.41. The van der Waals surface area contributed by atoms with Crippen molar-refractivity contribution in [1.29, 1.82) is 0 Å². The molecular weight excluding hydrogens is 236 g/mol. The summed E-state index contributed by atoms with van der Waals surface area (Å²) in [5.74, 6) is 6.98. The molecule has 0 saturated heterocycles. The van der Waals surface area contributed by atoms with Crippen LogP contribution in [0.15, 0.2) is 47.1 Å². The fourth-order valence-corrected chi connectivity index (χ4v) is 1.94. The molecule has 0 spiro atoms. The van der Waals surface area contributed by atoms with Crippen molar-refractivity contribution < 1.29 is 4.42 Å². The van der Waals surface area contributed by atoms with Crippen LogP contribution in [0.2, 0.25) is 0 Å². The summed E-state index contributed by atoms with van der Waals surface area (Å²) in [7, 11) is 2.07. The molecule has 1 aromatic carbocycles. The summed E-state index contributed by atoms with van der Waals surface area (Å²) in [6, 6.07) is 12.0. The summed E-state index contributed by atoms with van der Waals surface area (Å²) in [5.41, 5.74) is 7.67. The largest absolute Gasteiger partial charge is 0.468 e. The average Bonchev–Trinajstić information content (AvgIpc) is 2.90. The van der Waals surface area contributed by atoms with E-state index >= 15 is 0 Å². The van der Waals surface area contributed by atoms with E-state index in [4.69, 9.17) is 10.2 Å². The highest BCUT2D eigenvalue weighted by atomic mass is 16.3. The molecule has 0 aliphatic carbocycles. The normalized spacial score (nSPS) is 10.3. The fourth-order valence-electron chi connectivity index (χ4n) is 1.94. The Morgan fingerprint density at radius 2 is 2.00 bits per heavy atom. The zero-order valence-electron chi connectivity index (χ0n) is 11.1. The molecule has 1 aromatic heterocycles. The molecule has 3 nitrogen and oxygen atoms in total. The van der Waals surface area contributed by atoms with Crippen molar-refractivity contribution in [1.82, 2.24) is 4.90 Å². The van der Waals surface area contributed by atoms with Gasteiger partial charge in [-0.1, -0.05) is 30.0 Å². The van der Waals surface area contributed by atoms with Gasteiger partial charge in [0, 0.05) is 12.1 Å². The first kappa shape index (κ1) is 13.4. The Kier molecular flexibility index (Phi) is 4.79. The summed E-state index contributed by atoms with van der Waals surface area (Å²) < 4.78 is 5.35. The van der Waals surface area contributed by atoms with Gasteiger partial charge in [0.1, 0.15) is 5.76 Å². The predicted octanol–water partition coefficient (Wildman–Crippen LogP) is 2.22. The lowest BCUT2D eigenvalue weighted by molar-refractivity contribution is 0.287. The molecule has 0 fully saturated rings. The zero-order chi connectivity index (χ0) is 13.5. The van der Waals surface area contributed by atoms with Gasteiger partial charge in [-0.15, -0.1) is 0 Å². The van der Waals surface area contributed by atoms with E-state index in [-0.39, 0.29) is 0 Å². The van der Waals surface area contributed by atoms with E-state index in [9.17, 15) is 0 Å². The van der Waals surface area contributed by atoms with E-state index in [0.29, 0.717) is 6.54 Å². The lowest BCUT2D eigenvalue weighted by atomic mass is 10.1. The number of hydrogen-bond acceptors (Lipinski definition) is 3. The number of nitrogens with zero attached hydrogens (tertiary/aromatic N) is 1. The van der Waals surface area contributed by atoms with E-state index in [2.05, 4.69) is 29.9 Å². The van der Waals surface area contributed by atoms with Crippen LogP contribution < -0.4 is 5.73 Å². The van der Waals surface area contributed by atoms with E-state index < -0.39 is 0 Å². The van der Waals surface area contributed by atoms with Crippen molar-refractivity contribution >= 4 is 0 Å². The molecule has 0 bridgehead atoms. The van der Waals surface area contributed by atoms with Crippen LogP contribution in [0, 0.1) is 11.8 Å². The molecule has 19 heavy (non-hydrogen) atoms. The molecule has 0 atom stereocenters. The Bertz CT molecular complexity index is 564. The molecule has 98 valence electrons. The van der Waals surface area contributed by atoms with Crippen LogP contribution in [0.4, 0.5) is 0 Å². The third-order valence-electron chi connectivity index (χ3n) is 2.79. The molecule has 0 radical (unpaired) electrons. The molecule has 2 N–H and O–H groups in total. The summed E-state index contributed by atoms with van der Waals surface area (Å²) in [6.07, 6.45) is 1.70. The van der Waals surface area contributed by atoms with Crippen molar-refractivity contribution in [3.8, 4) is 11.8 Å². The van der Waals surface area contributed by atoms with Gasteiger partial charge in [-0.3, -0.25) is 4.90 Å². The summed E-state index contributed by atoms with van der Waals surface area (Å²) in [6.45, 7) is 2.00. The average molecular weight is 254 g/mol. The van der Waals surface area contributed by atoms with Gasteiger partial charge in [0.25, 0.3) is 0 Å². The molecule has 3 heteroatoms. The molecule has 0 amide bonds. The van der Waals surface area contributed by atoms with Crippen LogP contribution in [0.5, 0.6) is 0 Å². The van der Waals surface area contributed by atoms with Crippen LogP contribution in [0.3, 0.4) is 0 Å². The predicted molar refractivity (Wildman–Crippen MR) is 76.3 cm³/mol. The molecular formula is C16H18N2O. The number of rotatable bonds is 4. The number of furan rings is 1. The minimum Gasteiger partial charge on any atom is -0.468 e. The second-order valence-corrected chi connectivity index (χ2v) is 4.41. The topological polar surface area (TPSA) is 42.4 Å². The summed E-state index contributed by atoms with van der Waals surface area (Å²) >= 11 is 0. The zero-order valence-corrected chi connectivity index (χ0v) is 11.1. The van der Waals surface area contributed by atoms with Crippen molar-refractivity contribution in [2.75, 3.05) is 13.6 Å². The maximum Gasteiger partial charge on any atom is 0.117 e. The number of nitrogens with two attached hydrogens (primary N) is 1. The smallest absolute Gasteiger partial charge is 0.117 e. The van der Waals surface area contributed by atoms with E-state index in [1.165, 1.54) is 5.56 Å². The Morgan fingerprint density at radius 3 is 2.74 bits per heavy atom. The Balaban J connectivity index is 2.06. The van der Waals surface area contributed by atoms with Crippen molar-refractivity contribution in [3.05, 3.63) is 59.5 Å². The van der Waals surface area contributed by atoms with Gasteiger partial charge < -0.3 is 10.2 Å². The molecule has 0 saturated carbocycles. The Labute approximate surface area is 114 Å². The lowest BCUT2D eigenvalue weighted by Gasteiger charge is -2.16. The van der Waals surface area contributed by atoms with Crippen molar-refractivity contribution in [3.63, 3.8) is 0 Å². The van der Waals surface area contributed by atoms with Crippen molar-refractivity contribution in [2.24, 2.45) is 5.73 Å². The first-order valence-corrected chi connectivity index (χ1v) is 6.27. The Morgan fingerprint density at radius 1 is 1.16 bits per heavy atom. The van der Waals surface area contributed by atoms with Gasteiger partial charge in [-0.05, 0) is 30.8 Å². The lowest BCUT2D eigenvalue weighted by Crippen LogP contribution is -2.17. The van der Waals surface area contributed by atoms with Crippen LogP contribution in [0.25, 0.3) is 0 Å². The van der Waals surface area contributed by atoms with Crippen LogP contribution in [-0.4, -0.2) is 18.5 Å². The maximum atomic E-state index is 5.42. The van der Waals surface area contributed by atoms with Gasteiger partial charge in [-0.2, -0.15) is 0 Å². The summed E-state index contributed by atoms with van der Waals surface area (Å²) in [4.78, 5) is 2.20. The first-order chi connectivity index (χ1) is 9.29. The van der Waals surface area contributed by atoms with Gasteiger partial charge in [-0.25, -0.2) is 0 Å². The van der Waals surface area contributed by atoms with E-state index in [0.717, 1.165) is 24.4 Å². The van der Waals surface area contributed by atoms with Gasteiger partial charge in [0.15, 0.2) is 0 Å². The highest BCUT2D eigenvalue weighted by Crippen LogP contribution is 2.12. The molecule has 0 unspecified atom stereocenters. The monoisotopic (exact) mass is 254 g/mol. The van der Waals surface area contributed by atoms with Crippen LogP contribution in [-0.2, 0) is 13.1 Å². The first-order valence-electron chi connectivity index (χ1n) is 6.27. The van der Waals surface area contributed by atoms with Gasteiger partial charge in [0.05, 0.1) is 19.4 Å². The second kappa shape index (κ2) is 6.79. The van der Waals surface area contributed by atoms with Crippen molar-refractivity contribution in [2.45, 2.75) is 13.1 Å². The van der Waals surface area contributed by atoms with Gasteiger partial charge >= 0.3 is 0 Å². The third-order valence-corrected chi connectivity index (χ3v) is 2.79. The van der Waals surface area contributed by atoms with E-state index in [1.54, 1.807) is 6.26 Å². The van der Waals surface area contributed by atoms with Gasteiger partial charge in [0.2, 0.25) is 0 Å². The standard InChI is InChI=1S/C16H18N2O/c1-18(13-16-9-5-11-19-16)12-15-7-3-2-6-14(15)8-4-10-17/h2-3,5-7,9,11H,10,12-13,17H2,1H3. The quantitative estimate of drug-likeness (QED) is 0.851. The fraction of sp³-hybridized carbons (Fsp3) is 0.250. The highest BCUT2D eigenvalue weighted by molar-refractivity contribution is 5.41. The SMILES string of the molecule is CN(Cc1ccco1)Cc1ccccc1C#CCN. The molecule has 0 aliphatic rings. The summed E-state index contributed by atoms with van der Waals surface area (Å²) in [5, 5.41) is 0. The number of benzene rings is 1. The maximum absolute atomic E-state index is 5.42. The number of hydrogen-bond donors (Lipinski definition) is 1. The van der Waals surface area contributed by atoms with Crippen LogP contribution >= 0.6 is 0 Å². The molecule has 0 aliphatic heterocycles. The van der Waals surface area contributed by atoms with Crippen LogP contribution in [0.1, 0.15) is 16.9 Å². The molecule has 1 heterocycles. The third kappa shape index (κ3) is 3.99. The molecule has 2 aromatic rings. The van der Waals surface area contributed by atoms with E-state index in [1.807, 2.05) is 30.3 Å². The minimum atomic E-state index is 0.385. The highest BCUT2D eigenvalue weighted by Gasteiger charge is 2.06. The Hall–Kier alpha value is -2.02. The molecule has 2 rings (SSSR count).